The fourth-order valence-corrected chi connectivity index (χ4v) is 3.27. The molecule has 1 aliphatic carbocycles. The van der Waals surface area contributed by atoms with Crippen molar-refractivity contribution in [2.75, 3.05) is 11.9 Å². The predicted octanol–water partition coefficient (Wildman–Crippen LogP) is 3.41. The molecular formula is C18H20FN5O. The van der Waals surface area contributed by atoms with Gasteiger partial charge in [0.2, 0.25) is 0 Å². The minimum Gasteiger partial charge on any atom is -0.375 e. The summed E-state index contributed by atoms with van der Waals surface area (Å²) < 4.78 is 20.0. The van der Waals surface area contributed by atoms with Crippen LogP contribution in [0.15, 0.2) is 42.9 Å². The van der Waals surface area contributed by atoms with Crippen molar-refractivity contribution in [1.82, 2.24) is 20.2 Å². The third-order valence-corrected chi connectivity index (χ3v) is 4.61. The molecule has 4 rings (SSSR count). The number of alkyl halides is 1. The first-order chi connectivity index (χ1) is 12.3. The molecule has 2 N–H and O–H groups in total. The zero-order valence-corrected chi connectivity index (χ0v) is 13.7. The lowest BCUT2D eigenvalue weighted by atomic mass is 10.1. The summed E-state index contributed by atoms with van der Waals surface area (Å²) in [5, 5.41) is 11.1. The van der Waals surface area contributed by atoms with Gasteiger partial charge in [0.1, 0.15) is 18.3 Å². The van der Waals surface area contributed by atoms with E-state index in [0.29, 0.717) is 11.2 Å². The van der Waals surface area contributed by atoms with Crippen molar-refractivity contribution in [2.45, 2.75) is 37.6 Å². The van der Waals surface area contributed by atoms with E-state index in [0.717, 1.165) is 30.5 Å². The molecule has 0 bridgehead atoms. The van der Waals surface area contributed by atoms with Crippen molar-refractivity contribution in [2.24, 2.45) is 0 Å². The quantitative estimate of drug-likeness (QED) is 0.718. The van der Waals surface area contributed by atoms with Crippen LogP contribution in [0.2, 0.25) is 0 Å². The summed E-state index contributed by atoms with van der Waals surface area (Å²) in [6.45, 7) is 0.0981. The molecule has 6 nitrogen and oxygen atoms in total. The smallest absolute Gasteiger partial charge is 0.160 e. The van der Waals surface area contributed by atoms with Crippen LogP contribution in [0.3, 0.4) is 0 Å². The van der Waals surface area contributed by atoms with Gasteiger partial charge in [0.15, 0.2) is 5.65 Å². The largest absolute Gasteiger partial charge is 0.375 e. The zero-order chi connectivity index (χ0) is 17.1. The molecule has 0 aliphatic heterocycles. The van der Waals surface area contributed by atoms with Gasteiger partial charge in [-0.3, -0.25) is 5.10 Å². The maximum absolute atomic E-state index is 14.2. The van der Waals surface area contributed by atoms with Gasteiger partial charge in [-0.1, -0.05) is 30.3 Å². The lowest BCUT2D eigenvalue weighted by Crippen LogP contribution is -2.19. The monoisotopic (exact) mass is 341 g/mol. The molecular weight excluding hydrogens is 321 g/mol. The van der Waals surface area contributed by atoms with E-state index in [2.05, 4.69) is 25.5 Å². The molecule has 1 aromatic carbocycles. The molecule has 25 heavy (non-hydrogen) atoms. The number of hydrogen-bond donors (Lipinski definition) is 2. The standard InChI is InChI=1S/C18H20FN5O/c19-16(12-4-2-1-3-5-12)10-25-14-7-6-13(8-14)23-17-15-9-22-24-18(15)21-11-20-17/h1-5,9,11,13-14,16H,6-8,10H2,(H2,20,21,22,23,24)/t13?,14-,16+/m0/s1. The topological polar surface area (TPSA) is 75.7 Å². The first kappa shape index (κ1) is 16.0. The highest BCUT2D eigenvalue weighted by Crippen LogP contribution is 2.28. The molecule has 1 fully saturated rings. The lowest BCUT2D eigenvalue weighted by molar-refractivity contribution is 0.0217. The molecule has 0 spiro atoms. The van der Waals surface area contributed by atoms with Crippen LogP contribution >= 0.6 is 0 Å². The second-order valence-electron chi connectivity index (χ2n) is 6.34. The van der Waals surface area contributed by atoms with E-state index in [1.807, 2.05) is 18.2 Å². The van der Waals surface area contributed by atoms with Crippen LogP contribution in [0.1, 0.15) is 31.0 Å². The van der Waals surface area contributed by atoms with Gasteiger partial charge in [0.05, 0.1) is 24.3 Å². The van der Waals surface area contributed by atoms with Crippen molar-refractivity contribution in [1.29, 1.82) is 0 Å². The molecule has 1 unspecified atom stereocenters. The molecule has 0 amide bonds. The van der Waals surface area contributed by atoms with Crippen LogP contribution in [0.4, 0.5) is 10.2 Å². The summed E-state index contributed by atoms with van der Waals surface area (Å²) in [5.41, 5.74) is 1.38. The number of nitrogens with one attached hydrogen (secondary N) is 2. The van der Waals surface area contributed by atoms with Gasteiger partial charge in [0.25, 0.3) is 0 Å². The minimum absolute atomic E-state index is 0.0705. The van der Waals surface area contributed by atoms with E-state index < -0.39 is 6.17 Å². The second-order valence-corrected chi connectivity index (χ2v) is 6.34. The molecule has 2 heterocycles. The van der Waals surface area contributed by atoms with E-state index in [9.17, 15) is 4.39 Å². The molecule has 3 aromatic rings. The summed E-state index contributed by atoms with van der Waals surface area (Å²) in [4.78, 5) is 8.43. The SMILES string of the molecule is F[C@H](CO[C@H]1CCC(Nc2ncnc3[nH]ncc23)C1)c1ccccc1. The van der Waals surface area contributed by atoms with Crippen molar-refractivity contribution >= 4 is 16.9 Å². The van der Waals surface area contributed by atoms with Gasteiger partial charge in [-0.25, -0.2) is 14.4 Å². The van der Waals surface area contributed by atoms with E-state index in [-0.39, 0.29) is 18.8 Å². The summed E-state index contributed by atoms with van der Waals surface area (Å²) in [6, 6.07) is 9.41. The summed E-state index contributed by atoms with van der Waals surface area (Å²) in [7, 11) is 0. The molecule has 0 saturated heterocycles. The third kappa shape index (κ3) is 3.61. The fraction of sp³-hybridized carbons (Fsp3) is 0.389. The Hall–Kier alpha value is -2.54. The highest BCUT2D eigenvalue weighted by Gasteiger charge is 2.27. The van der Waals surface area contributed by atoms with Gasteiger partial charge in [-0.05, 0) is 24.8 Å². The maximum atomic E-state index is 14.2. The Morgan fingerprint density at radius 2 is 2.12 bits per heavy atom. The molecule has 2 aromatic heterocycles. The normalized spacial score (nSPS) is 21.5. The van der Waals surface area contributed by atoms with Gasteiger partial charge < -0.3 is 10.1 Å². The van der Waals surface area contributed by atoms with Gasteiger partial charge in [0, 0.05) is 6.04 Å². The van der Waals surface area contributed by atoms with Crippen LogP contribution in [0.25, 0.3) is 11.0 Å². The number of fused-ring (bicyclic) bond motifs is 1. The highest BCUT2D eigenvalue weighted by atomic mass is 19.1. The number of nitrogens with zero attached hydrogens (tertiary/aromatic N) is 3. The average molecular weight is 341 g/mol. The van der Waals surface area contributed by atoms with Gasteiger partial charge >= 0.3 is 0 Å². The van der Waals surface area contributed by atoms with E-state index >= 15 is 0 Å². The number of ether oxygens (including phenoxy) is 1. The number of H-pyrrole nitrogens is 1. The third-order valence-electron chi connectivity index (χ3n) is 4.61. The highest BCUT2D eigenvalue weighted by molar-refractivity contribution is 5.85. The fourth-order valence-electron chi connectivity index (χ4n) is 3.27. The van der Waals surface area contributed by atoms with E-state index in [1.165, 1.54) is 6.33 Å². The zero-order valence-electron chi connectivity index (χ0n) is 13.7. The first-order valence-electron chi connectivity index (χ1n) is 8.51. The molecule has 7 heteroatoms. The Labute approximate surface area is 144 Å². The number of benzene rings is 1. The first-order valence-corrected chi connectivity index (χ1v) is 8.51. The van der Waals surface area contributed by atoms with E-state index in [1.54, 1.807) is 18.3 Å². The van der Waals surface area contributed by atoms with Crippen molar-refractivity contribution in [3.05, 3.63) is 48.4 Å². The van der Waals surface area contributed by atoms with Crippen molar-refractivity contribution < 1.29 is 9.13 Å². The Morgan fingerprint density at radius 1 is 1.24 bits per heavy atom. The van der Waals surface area contributed by atoms with E-state index in [4.69, 9.17) is 4.74 Å². The van der Waals surface area contributed by atoms with Crippen LogP contribution in [0, 0.1) is 0 Å². The molecule has 3 atom stereocenters. The minimum atomic E-state index is -1.08. The van der Waals surface area contributed by atoms with Crippen LogP contribution in [-0.4, -0.2) is 38.9 Å². The number of rotatable bonds is 6. The number of aromatic amines is 1. The molecule has 130 valence electrons. The van der Waals surface area contributed by atoms with Crippen LogP contribution < -0.4 is 5.32 Å². The second kappa shape index (κ2) is 7.14. The van der Waals surface area contributed by atoms with Crippen molar-refractivity contribution in [3.63, 3.8) is 0 Å². The van der Waals surface area contributed by atoms with Gasteiger partial charge in [-0.2, -0.15) is 5.10 Å². The molecule has 0 radical (unpaired) electrons. The summed E-state index contributed by atoms with van der Waals surface area (Å²) in [5.74, 6) is 0.775. The summed E-state index contributed by atoms with van der Waals surface area (Å²) in [6.07, 6.45) is 4.94. The lowest BCUT2D eigenvalue weighted by Gasteiger charge is -2.16. The molecule has 1 saturated carbocycles. The molecule has 1 aliphatic rings. The predicted molar refractivity (Wildman–Crippen MR) is 93.0 cm³/mol. The Bertz CT molecular complexity index is 824. The van der Waals surface area contributed by atoms with Gasteiger partial charge in [-0.15, -0.1) is 0 Å². The number of anilines is 1. The number of halogens is 1. The Kier molecular flexibility index (Phi) is 4.56. The average Bonchev–Trinajstić information content (AvgIpc) is 3.30. The Morgan fingerprint density at radius 3 is 3.00 bits per heavy atom. The van der Waals surface area contributed by atoms with Crippen LogP contribution in [0.5, 0.6) is 0 Å². The number of hydrogen-bond acceptors (Lipinski definition) is 5. The van der Waals surface area contributed by atoms with Crippen LogP contribution in [-0.2, 0) is 4.74 Å². The summed E-state index contributed by atoms with van der Waals surface area (Å²) >= 11 is 0. The number of aromatic nitrogens is 4. The maximum Gasteiger partial charge on any atom is 0.160 e. The van der Waals surface area contributed by atoms with Crippen molar-refractivity contribution in [3.8, 4) is 0 Å². The Balaban J connectivity index is 1.30.